The maximum Gasteiger partial charge on any atom is 0.0552 e. The summed E-state index contributed by atoms with van der Waals surface area (Å²) >= 11 is 0. The molecule has 6 aromatic carbocycles. The number of anilines is 6. The van der Waals surface area contributed by atoms with Crippen LogP contribution < -0.4 is 9.80 Å². The molecule has 0 spiro atoms. The number of rotatable bonds is 6. The van der Waals surface area contributed by atoms with Gasteiger partial charge in [-0.1, -0.05) is 123 Å². The number of para-hydroxylation sites is 2. The van der Waals surface area contributed by atoms with Crippen LogP contribution in [0.3, 0.4) is 0 Å². The van der Waals surface area contributed by atoms with E-state index in [1.807, 2.05) is 12.1 Å². The van der Waals surface area contributed by atoms with Crippen molar-refractivity contribution in [2.75, 3.05) is 9.80 Å². The Labute approximate surface area is 278 Å². The van der Waals surface area contributed by atoms with Gasteiger partial charge in [-0.3, -0.25) is 0 Å². The summed E-state index contributed by atoms with van der Waals surface area (Å²) in [6.07, 6.45) is 11.2. The molecule has 0 N–H and O–H groups in total. The summed E-state index contributed by atoms with van der Waals surface area (Å²) in [6.45, 7) is 4.61. The van der Waals surface area contributed by atoms with E-state index in [4.69, 9.17) is 0 Å². The van der Waals surface area contributed by atoms with Gasteiger partial charge in [0.1, 0.15) is 0 Å². The zero-order valence-electron chi connectivity index (χ0n) is 26.8. The van der Waals surface area contributed by atoms with E-state index >= 15 is 0 Å². The van der Waals surface area contributed by atoms with Crippen LogP contribution in [0.1, 0.15) is 48.1 Å². The van der Waals surface area contributed by atoms with Crippen LogP contribution in [0, 0.1) is 18.1 Å². The molecule has 2 nitrogen and oxygen atoms in total. The van der Waals surface area contributed by atoms with Crippen LogP contribution in [0.2, 0.25) is 0 Å². The summed E-state index contributed by atoms with van der Waals surface area (Å²) in [7, 11) is 0. The molecule has 0 fully saturated rings. The van der Waals surface area contributed by atoms with E-state index < -0.39 is 0 Å². The van der Waals surface area contributed by atoms with Crippen LogP contribution in [0.15, 0.2) is 127 Å². The van der Waals surface area contributed by atoms with Crippen molar-refractivity contribution in [2.24, 2.45) is 5.92 Å². The van der Waals surface area contributed by atoms with Crippen molar-refractivity contribution >= 4 is 58.4 Å². The van der Waals surface area contributed by atoms with Crippen molar-refractivity contribution < 1.29 is 0 Å². The molecular formula is C45H36N2. The maximum atomic E-state index is 3.17. The topological polar surface area (TPSA) is 6.48 Å². The second-order valence-electron chi connectivity index (χ2n) is 12.6. The van der Waals surface area contributed by atoms with Gasteiger partial charge in [0.25, 0.3) is 0 Å². The summed E-state index contributed by atoms with van der Waals surface area (Å²) in [5, 5.41) is 0. The fourth-order valence-electron chi connectivity index (χ4n) is 6.82. The monoisotopic (exact) mass is 604 g/mol. The van der Waals surface area contributed by atoms with Gasteiger partial charge < -0.3 is 9.80 Å². The molecule has 0 aromatic heterocycles. The van der Waals surface area contributed by atoms with Crippen molar-refractivity contribution in [1.29, 1.82) is 0 Å². The van der Waals surface area contributed by atoms with Crippen molar-refractivity contribution in [1.82, 2.24) is 0 Å². The van der Waals surface area contributed by atoms with E-state index in [0.717, 1.165) is 23.5 Å². The summed E-state index contributed by atoms with van der Waals surface area (Å²) in [5.74, 6) is 0.650. The zero-order chi connectivity index (χ0) is 31.7. The van der Waals surface area contributed by atoms with E-state index in [1.165, 1.54) is 62.4 Å². The molecule has 47 heavy (non-hydrogen) atoms. The second kappa shape index (κ2) is 12.2. The van der Waals surface area contributed by atoms with E-state index in [2.05, 4.69) is 175 Å². The van der Waals surface area contributed by atoms with E-state index in [1.54, 1.807) is 0 Å². The van der Waals surface area contributed by atoms with E-state index in [-0.39, 0.29) is 0 Å². The lowest BCUT2D eigenvalue weighted by Crippen LogP contribution is -2.12. The predicted octanol–water partition coefficient (Wildman–Crippen LogP) is 12.4. The van der Waals surface area contributed by atoms with Crippen molar-refractivity contribution in [3.63, 3.8) is 0 Å². The third-order valence-electron chi connectivity index (χ3n) is 9.46. The minimum absolute atomic E-state index is 0.650. The molecule has 0 saturated carbocycles. The Hall–Kier alpha value is -5.78. The SMILES string of the molecule is CC[C@@H](C)Cc1cccc(N2c3ccccc3C=Cc3cc(-c4ccc5c(c4)N(c4cc#ccc4)c4ccccc4C=C5)ccc32)c1. The lowest BCUT2D eigenvalue weighted by atomic mass is 9.97. The molecule has 8 rings (SSSR count). The van der Waals surface area contributed by atoms with Gasteiger partial charge in [0, 0.05) is 11.8 Å². The van der Waals surface area contributed by atoms with Gasteiger partial charge in [-0.2, -0.15) is 0 Å². The highest BCUT2D eigenvalue weighted by Gasteiger charge is 2.23. The first-order chi connectivity index (χ1) is 23.2. The van der Waals surface area contributed by atoms with E-state index in [9.17, 15) is 0 Å². The van der Waals surface area contributed by atoms with Crippen molar-refractivity contribution in [3.8, 4) is 11.1 Å². The van der Waals surface area contributed by atoms with Gasteiger partial charge in [-0.25, -0.2) is 0 Å². The highest BCUT2D eigenvalue weighted by atomic mass is 15.2. The summed E-state index contributed by atoms with van der Waals surface area (Å²) in [4.78, 5) is 4.77. The number of hydrogen-bond donors (Lipinski definition) is 0. The van der Waals surface area contributed by atoms with Gasteiger partial charge in [0.15, 0.2) is 0 Å². The molecule has 6 aromatic rings. The van der Waals surface area contributed by atoms with Gasteiger partial charge in [-0.15, -0.1) is 0 Å². The Morgan fingerprint density at radius 2 is 1.17 bits per heavy atom. The summed E-state index contributed by atoms with van der Waals surface area (Å²) in [6, 6.07) is 52.3. The molecule has 2 heterocycles. The van der Waals surface area contributed by atoms with Gasteiger partial charge in [0.05, 0.1) is 28.4 Å². The van der Waals surface area contributed by atoms with Crippen LogP contribution in [0.5, 0.6) is 0 Å². The molecular weight excluding hydrogens is 569 g/mol. The van der Waals surface area contributed by atoms with Crippen LogP contribution in [-0.4, -0.2) is 0 Å². The van der Waals surface area contributed by atoms with Crippen molar-refractivity contribution in [2.45, 2.75) is 26.7 Å². The molecule has 2 heteroatoms. The lowest BCUT2D eigenvalue weighted by molar-refractivity contribution is 0.560. The first-order valence-electron chi connectivity index (χ1n) is 16.6. The lowest BCUT2D eigenvalue weighted by Gasteiger charge is -2.28. The van der Waals surface area contributed by atoms with Crippen LogP contribution in [0.4, 0.5) is 34.1 Å². The average Bonchev–Trinajstić information content (AvgIpc) is 3.39. The Morgan fingerprint density at radius 3 is 1.89 bits per heavy atom. The Morgan fingerprint density at radius 1 is 0.532 bits per heavy atom. The van der Waals surface area contributed by atoms with Crippen molar-refractivity contribution in [3.05, 3.63) is 167 Å². The highest BCUT2D eigenvalue weighted by Crippen LogP contribution is 2.46. The first-order valence-corrected chi connectivity index (χ1v) is 16.6. The molecule has 0 radical (unpaired) electrons. The van der Waals surface area contributed by atoms with Gasteiger partial charge >= 0.3 is 0 Å². The number of benzene rings is 5. The molecule has 0 bridgehead atoms. The highest BCUT2D eigenvalue weighted by molar-refractivity contribution is 5.97. The summed E-state index contributed by atoms with van der Waals surface area (Å²) in [5.41, 5.74) is 15.4. The van der Waals surface area contributed by atoms with Crippen LogP contribution in [0.25, 0.3) is 35.4 Å². The number of nitrogens with zero attached hydrogens (tertiary/aromatic N) is 2. The summed E-state index contributed by atoms with van der Waals surface area (Å²) < 4.78 is 0. The third-order valence-corrected chi connectivity index (χ3v) is 9.46. The standard InChI is InChI=1S/C45H36N2/c1-3-32(2)28-33-12-11-17-41(29-33)47-43-19-10-8-14-35(43)23-25-39-30-37(26-27-44(39)47)38-24-22-36-21-20-34-13-7-9-18-42(34)46(45(36)31-38)40-15-5-4-6-16-40/h5,7-27,29-32H,3,28H2,1-2H3/t32-/m1/s1. The Balaban J connectivity index is 1.24. The smallest absolute Gasteiger partial charge is 0.0552 e. The maximum absolute atomic E-state index is 3.17. The molecule has 0 amide bonds. The normalized spacial score (nSPS) is 13.4. The fourth-order valence-corrected chi connectivity index (χ4v) is 6.82. The molecule has 0 unspecified atom stereocenters. The fraction of sp³-hybridized carbons (Fsp3) is 0.111. The molecule has 226 valence electrons. The Kier molecular flexibility index (Phi) is 7.44. The molecule has 2 aliphatic heterocycles. The predicted molar refractivity (Wildman–Crippen MR) is 200 cm³/mol. The number of hydrogen-bond acceptors (Lipinski definition) is 2. The van der Waals surface area contributed by atoms with E-state index in [0.29, 0.717) is 5.92 Å². The van der Waals surface area contributed by atoms with Gasteiger partial charge in [-0.05, 0) is 106 Å². The quantitative estimate of drug-likeness (QED) is 0.186. The third kappa shape index (κ3) is 5.41. The zero-order valence-corrected chi connectivity index (χ0v) is 26.8. The number of fused-ring (bicyclic) bond motifs is 4. The Bertz CT molecular complexity index is 2140. The molecule has 2 aliphatic rings. The average molecular weight is 605 g/mol. The molecule has 0 aliphatic carbocycles. The minimum atomic E-state index is 0.650. The van der Waals surface area contributed by atoms with Gasteiger partial charge in [0.2, 0.25) is 0 Å². The first kappa shape index (κ1) is 28.7. The minimum Gasteiger partial charge on any atom is -0.309 e. The second-order valence-corrected chi connectivity index (χ2v) is 12.6. The molecule has 0 saturated heterocycles. The van der Waals surface area contributed by atoms with Crippen LogP contribution in [-0.2, 0) is 6.42 Å². The molecule has 1 atom stereocenters. The largest absolute Gasteiger partial charge is 0.309 e. The van der Waals surface area contributed by atoms with Crippen LogP contribution >= 0.6 is 0 Å².